The molecule has 0 aliphatic carbocycles. The van der Waals surface area contributed by atoms with Crippen LogP contribution in [0.4, 0.5) is 0 Å². The highest BCUT2D eigenvalue weighted by Gasteiger charge is 2.10. The van der Waals surface area contributed by atoms with E-state index in [1.54, 1.807) is 19.1 Å². The van der Waals surface area contributed by atoms with Crippen LogP contribution in [0.2, 0.25) is 0 Å². The average Bonchev–Trinajstić information content (AvgIpc) is 1.88. The Morgan fingerprint density at radius 3 is 2.60 bits per heavy atom. The maximum absolute atomic E-state index is 10.2. The van der Waals surface area contributed by atoms with E-state index in [9.17, 15) is 9.59 Å². The van der Waals surface area contributed by atoms with Gasteiger partial charge in [0, 0.05) is 0 Å². The van der Waals surface area contributed by atoms with Crippen LogP contribution in [0, 0.1) is 0 Å². The molecule has 0 aliphatic heterocycles. The Kier molecular flexibility index (Phi) is 3.95. The monoisotopic (exact) mass is 144 g/mol. The topological polar surface area (TPSA) is 63.6 Å². The molecule has 0 aromatic rings. The number of ether oxygens (including phenoxy) is 1. The summed E-state index contributed by atoms with van der Waals surface area (Å²) < 4.78 is 4.22. The molecule has 0 saturated carbocycles. The zero-order valence-electron chi connectivity index (χ0n) is 5.53. The van der Waals surface area contributed by atoms with Crippen LogP contribution in [-0.4, -0.2) is 23.7 Å². The fourth-order valence-electron chi connectivity index (χ4n) is 0.282. The van der Waals surface area contributed by atoms with Gasteiger partial charge in [-0.05, 0) is 6.92 Å². The Balaban J connectivity index is 3.50. The lowest BCUT2D eigenvalue weighted by molar-refractivity contribution is -0.163. The van der Waals surface area contributed by atoms with Crippen LogP contribution in [0.1, 0.15) is 6.92 Å². The summed E-state index contributed by atoms with van der Waals surface area (Å²) in [7, 11) is 0. The van der Waals surface area contributed by atoms with Gasteiger partial charge in [0.2, 0.25) is 0 Å². The normalized spacial score (nSPS) is 9.70. The van der Waals surface area contributed by atoms with E-state index in [1.807, 2.05) is 0 Å². The van der Waals surface area contributed by atoms with Gasteiger partial charge >= 0.3 is 11.9 Å². The third-order valence-electron chi connectivity index (χ3n) is 0.721. The number of carbonyl (C=O) groups is 2. The Hall–Kier alpha value is -1.32. The summed E-state index contributed by atoms with van der Waals surface area (Å²) in [5.74, 6) is -2.79. The van der Waals surface area contributed by atoms with E-state index >= 15 is 0 Å². The molecule has 10 heavy (non-hydrogen) atoms. The molecule has 0 spiro atoms. The lowest BCUT2D eigenvalue weighted by Crippen LogP contribution is -2.15. The highest BCUT2D eigenvalue weighted by atomic mass is 16.6. The molecule has 0 aromatic carbocycles. The number of carboxylic acids is 1. The van der Waals surface area contributed by atoms with Gasteiger partial charge in [0.1, 0.15) is 6.61 Å². The number of hydrogen-bond acceptors (Lipinski definition) is 3. The lowest BCUT2D eigenvalue weighted by atomic mass is 10.5. The summed E-state index contributed by atoms with van der Waals surface area (Å²) in [5.41, 5.74) is 0. The molecule has 56 valence electrons. The standard InChI is InChI=1S/C6H8O4/c1-2-3-4-10-6(9)5(7)8/h2-3H,4H2,1H3,(H,7,8). The van der Waals surface area contributed by atoms with Crippen molar-refractivity contribution in [3.63, 3.8) is 0 Å². The molecular formula is C6H8O4. The van der Waals surface area contributed by atoms with Gasteiger partial charge in [-0.25, -0.2) is 9.59 Å². The van der Waals surface area contributed by atoms with Crippen molar-refractivity contribution in [2.45, 2.75) is 6.92 Å². The fourth-order valence-corrected chi connectivity index (χ4v) is 0.282. The number of rotatable bonds is 2. The predicted octanol–water partition coefficient (Wildman–Crippen LogP) is 0.190. The molecule has 0 unspecified atom stereocenters. The van der Waals surface area contributed by atoms with Gasteiger partial charge in [0.15, 0.2) is 0 Å². The zero-order chi connectivity index (χ0) is 7.98. The minimum atomic E-state index is -1.57. The van der Waals surface area contributed by atoms with Crippen LogP contribution in [-0.2, 0) is 14.3 Å². The summed E-state index contributed by atoms with van der Waals surface area (Å²) in [6.07, 6.45) is 3.20. The molecule has 0 amide bonds. The molecule has 0 aromatic heterocycles. The number of esters is 1. The Bertz CT molecular complexity index is 159. The first-order valence-corrected chi connectivity index (χ1v) is 2.69. The van der Waals surface area contributed by atoms with Crippen molar-refractivity contribution in [1.82, 2.24) is 0 Å². The molecule has 0 rings (SSSR count). The smallest absolute Gasteiger partial charge is 0.417 e. The van der Waals surface area contributed by atoms with Gasteiger partial charge in [-0.2, -0.15) is 0 Å². The molecule has 0 atom stereocenters. The first kappa shape index (κ1) is 8.68. The van der Waals surface area contributed by atoms with Gasteiger partial charge < -0.3 is 9.84 Å². The van der Waals surface area contributed by atoms with Crippen molar-refractivity contribution in [1.29, 1.82) is 0 Å². The number of carbonyl (C=O) groups excluding carboxylic acids is 1. The van der Waals surface area contributed by atoms with Crippen LogP contribution in [0.5, 0.6) is 0 Å². The summed E-state index contributed by atoms with van der Waals surface area (Å²) in [6, 6.07) is 0. The van der Waals surface area contributed by atoms with E-state index in [2.05, 4.69) is 4.74 Å². The van der Waals surface area contributed by atoms with Crippen LogP contribution >= 0.6 is 0 Å². The van der Waals surface area contributed by atoms with Crippen molar-refractivity contribution >= 4 is 11.9 Å². The van der Waals surface area contributed by atoms with Crippen LogP contribution < -0.4 is 0 Å². The number of carboxylic acid groups (broad SMARTS) is 1. The molecule has 1 N–H and O–H groups in total. The minimum absolute atomic E-state index is 0.0155. The fraction of sp³-hybridized carbons (Fsp3) is 0.333. The zero-order valence-corrected chi connectivity index (χ0v) is 5.53. The number of allylic oxidation sites excluding steroid dienone is 1. The molecule has 0 bridgehead atoms. The first-order valence-electron chi connectivity index (χ1n) is 2.69. The van der Waals surface area contributed by atoms with Gasteiger partial charge in [-0.15, -0.1) is 0 Å². The second-order valence-electron chi connectivity index (χ2n) is 1.47. The van der Waals surface area contributed by atoms with Crippen LogP contribution in [0.15, 0.2) is 12.2 Å². The van der Waals surface area contributed by atoms with E-state index in [0.717, 1.165) is 0 Å². The first-order chi connectivity index (χ1) is 4.68. The lowest BCUT2D eigenvalue weighted by Gasteiger charge is -1.93. The Morgan fingerprint density at radius 1 is 1.60 bits per heavy atom. The minimum Gasteiger partial charge on any atom is -0.473 e. The number of aliphatic carboxylic acids is 1. The summed E-state index contributed by atoms with van der Waals surface area (Å²) in [5, 5.41) is 7.98. The highest BCUT2D eigenvalue weighted by Crippen LogP contribution is 1.79. The van der Waals surface area contributed by atoms with Crippen molar-refractivity contribution in [3.8, 4) is 0 Å². The van der Waals surface area contributed by atoms with Gasteiger partial charge in [0.25, 0.3) is 0 Å². The van der Waals surface area contributed by atoms with Gasteiger partial charge in [-0.3, -0.25) is 0 Å². The molecule has 4 heteroatoms. The van der Waals surface area contributed by atoms with Crippen molar-refractivity contribution in [2.24, 2.45) is 0 Å². The molecule has 0 saturated heterocycles. The Labute approximate surface area is 58.1 Å². The quantitative estimate of drug-likeness (QED) is 0.341. The van der Waals surface area contributed by atoms with E-state index < -0.39 is 11.9 Å². The summed E-state index contributed by atoms with van der Waals surface area (Å²) >= 11 is 0. The third-order valence-corrected chi connectivity index (χ3v) is 0.721. The Morgan fingerprint density at radius 2 is 2.20 bits per heavy atom. The van der Waals surface area contributed by atoms with Crippen molar-refractivity contribution < 1.29 is 19.4 Å². The highest BCUT2D eigenvalue weighted by molar-refractivity contribution is 6.28. The average molecular weight is 144 g/mol. The molecule has 4 nitrogen and oxygen atoms in total. The van der Waals surface area contributed by atoms with E-state index in [-0.39, 0.29) is 6.61 Å². The molecule has 0 aliphatic rings. The maximum atomic E-state index is 10.2. The van der Waals surface area contributed by atoms with Crippen molar-refractivity contribution in [2.75, 3.05) is 6.61 Å². The largest absolute Gasteiger partial charge is 0.473 e. The molecule has 0 heterocycles. The second-order valence-corrected chi connectivity index (χ2v) is 1.47. The van der Waals surface area contributed by atoms with E-state index in [0.29, 0.717) is 0 Å². The van der Waals surface area contributed by atoms with E-state index in [1.165, 1.54) is 0 Å². The molecule has 0 fully saturated rings. The molecular weight excluding hydrogens is 136 g/mol. The molecule has 0 radical (unpaired) electrons. The van der Waals surface area contributed by atoms with Crippen LogP contribution in [0.3, 0.4) is 0 Å². The number of hydrogen-bond donors (Lipinski definition) is 1. The summed E-state index contributed by atoms with van der Waals surface area (Å²) in [4.78, 5) is 20.0. The maximum Gasteiger partial charge on any atom is 0.417 e. The summed E-state index contributed by atoms with van der Waals surface area (Å²) in [6.45, 7) is 1.76. The SMILES string of the molecule is CC=CCOC(=O)C(=O)O. The predicted molar refractivity (Wildman–Crippen MR) is 33.4 cm³/mol. The van der Waals surface area contributed by atoms with Gasteiger partial charge in [0.05, 0.1) is 0 Å². The second kappa shape index (κ2) is 4.55. The van der Waals surface area contributed by atoms with Crippen molar-refractivity contribution in [3.05, 3.63) is 12.2 Å². The van der Waals surface area contributed by atoms with Gasteiger partial charge in [-0.1, -0.05) is 12.2 Å². The van der Waals surface area contributed by atoms with Crippen LogP contribution in [0.25, 0.3) is 0 Å². The third kappa shape index (κ3) is 3.65. The van der Waals surface area contributed by atoms with E-state index in [4.69, 9.17) is 5.11 Å².